The van der Waals surface area contributed by atoms with Crippen LogP contribution >= 0.6 is 0 Å². The number of ether oxygens (including phenoxy) is 2. The molecule has 3 rings (SSSR count). The highest BCUT2D eigenvalue weighted by atomic mass is 19.1. The number of rotatable bonds is 10. The summed E-state index contributed by atoms with van der Waals surface area (Å²) < 4.78 is 23.1. The molecule has 1 atom stereocenters. The average molecular weight is 499 g/mol. The molecule has 1 amide bonds. The summed E-state index contributed by atoms with van der Waals surface area (Å²) in [5.41, 5.74) is -0.0296. The summed E-state index contributed by atoms with van der Waals surface area (Å²) in [4.78, 5) is 40.3. The second kappa shape index (κ2) is 11.9. The summed E-state index contributed by atoms with van der Waals surface area (Å²) in [6.45, 7) is 1.90. The van der Waals surface area contributed by atoms with Crippen molar-refractivity contribution in [1.29, 1.82) is 0 Å². The number of nitrogens with one attached hydrogen (secondary N) is 2. The SMILES string of the molecule is CCOC(=O)c1c[nH]c(=O)c(C(CC(=O)NCCc2ccc(F)cc2)c2ccc(OC)c(O)c2)c1O. The van der Waals surface area contributed by atoms with Crippen molar-refractivity contribution in [2.45, 2.75) is 25.7 Å². The quantitative estimate of drug-likeness (QED) is 0.315. The van der Waals surface area contributed by atoms with E-state index in [-0.39, 0.29) is 48.0 Å². The molecule has 0 aliphatic heterocycles. The number of hydrogen-bond acceptors (Lipinski definition) is 7. The third kappa shape index (κ3) is 6.21. The zero-order valence-corrected chi connectivity index (χ0v) is 19.8. The largest absolute Gasteiger partial charge is 0.506 e. The minimum atomic E-state index is -1.02. The number of pyridine rings is 1. The number of esters is 1. The van der Waals surface area contributed by atoms with Gasteiger partial charge in [0.2, 0.25) is 5.91 Å². The Hall–Kier alpha value is -4.34. The Morgan fingerprint density at radius 1 is 1.14 bits per heavy atom. The molecule has 0 aliphatic carbocycles. The highest BCUT2D eigenvalue weighted by Crippen LogP contribution is 2.37. The average Bonchev–Trinajstić information content (AvgIpc) is 2.84. The number of amides is 1. The summed E-state index contributed by atoms with van der Waals surface area (Å²) >= 11 is 0. The molecule has 10 heteroatoms. The van der Waals surface area contributed by atoms with Crippen molar-refractivity contribution in [2.75, 3.05) is 20.3 Å². The van der Waals surface area contributed by atoms with Crippen molar-refractivity contribution >= 4 is 11.9 Å². The molecule has 9 nitrogen and oxygen atoms in total. The van der Waals surface area contributed by atoms with Crippen LogP contribution in [0.3, 0.4) is 0 Å². The molecule has 2 aromatic carbocycles. The van der Waals surface area contributed by atoms with Gasteiger partial charge in [-0.15, -0.1) is 0 Å². The highest BCUT2D eigenvalue weighted by molar-refractivity contribution is 5.92. The van der Waals surface area contributed by atoms with E-state index in [0.29, 0.717) is 12.0 Å². The number of H-pyrrole nitrogens is 1. The first-order valence-corrected chi connectivity index (χ1v) is 11.2. The second-order valence-electron chi connectivity index (χ2n) is 7.93. The fraction of sp³-hybridized carbons (Fsp3) is 0.269. The zero-order valence-electron chi connectivity index (χ0n) is 19.8. The first-order valence-electron chi connectivity index (χ1n) is 11.2. The Labute approximate surface area is 206 Å². The van der Waals surface area contributed by atoms with Crippen LogP contribution < -0.4 is 15.6 Å². The second-order valence-corrected chi connectivity index (χ2v) is 7.93. The normalized spacial score (nSPS) is 11.5. The molecule has 1 unspecified atom stereocenters. The molecule has 0 fully saturated rings. The Balaban J connectivity index is 1.92. The van der Waals surface area contributed by atoms with Gasteiger partial charge in [-0.25, -0.2) is 9.18 Å². The van der Waals surface area contributed by atoms with Crippen LogP contribution in [0.5, 0.6) is 17.2 Å². The van der Waals surface area contributed by atoms with E-state index in [0.717, 1.165) is 11.8 Å². The van der Waals surface area contributed by atoms with Gasteiger partial charge in [-0.2, -0.15) is 0 Å². The number of aromatic hydroxyl groups is 2. The van der Waals surface area contributed by atoms with Crippen molar-refractivity contribution < 1.29 is 33.7 Å². The summed E-state index contributed by atoms with van der Waals surface area (Å²) in [6.07, 6.45) is 1.22. The van der Waals surface area contributed by atoms with Crippen LogP contribution in [0.15, 0.2) is 53.5 Å². The summed E-state index contributed by atoms with van der Waals surface area (Å²) in [5.74, 6) is -3.33. The molecule has 1 aromatic heterocycles. The van der Waals surface area contributed by atoms with E-state index in [1.54, 1.807) is 25.1 Å². The fourth-order valence-corrected chi connectivity index (χ4v) is 3.79. The van der Waals surface area contributed by atoms with Gasteiger partial charge in [0.05, 0.1) is 19.3 Å². The van der Waals surface area contributed by atoms with Crippen LogP contribution in [0, 0.1) is 5.82 Å². The predicted octanol–water partition coefficient (Wildman–Crippen LogP) is 2.99. The van der Waals surface area contributed by atoms with Crippen molar-refractivity contribution in [2.24, 2.45) is 0 Å². The van der Waals surface area contributed by atoms with Crippen LogP contribution in [-0.4, -0.2) is 47.3 Å². The van der Waals surface area contributed by atoms with Crippen molar-refractivity contribution in [3.63, 3.8) is 0 Å². The number of carbonyl (C=O) groups excluding carboxylic acids is 2. The van der Waals surface area contributed by atoms with E-state index in [1.807, 2.05) is 0 Å². The molecule has 190 valence electrons. The standard InChI is InChI=1S/C26H27FN2O7/c1-3-36-26(34)19-14-29-25(33)23(24(19)32)18(16-6-9-21(35-2)20(30)12-16)13-22(31)28-11-10-15-4-7-17(27)8-5-15/h4-9,12,14,18,30H,3,10-11,13H2,1-2H3,(H,28,31)(H2,29,32,33). The molecular weight excluding hydrogens is 471 g/mol. The molecule has 0 saturated carbocycles. The van der Waals surface area contributed by atoms with Crippen LogP contribution in [0.1, 0.15) is 46.3 Å². The molecule has 3 aromatic rings. The fourth-order valence-electron chi connectivity index (χ4n) is 3.79. The minimum Gasteiger partial charge on any atom is -0.506 e. The van der Waals surface area contributed by atoms with Crippen molar-refractivity contribution in [3.8, 4) is 17.2 Å². The topological polar surface area (TPSA) is 138 Å². The van der Waals surface area contributed by atoms with E-state index in [2.05, 4.69) is 10.3 Å². The van der Waals surface area contributed by atoms with Gasteiger partial charge in [0, 0.05) is 25.1 Å². The zero-order chi connectivity index (χ0) is 26.2. The molecule has 0 bridgehead atoms. The lowest BCUT2D eigenvalue weighted by atomic mass is 9.87. The van der Waals surface area contributed by atoms with E-state index < -0.39 is 29.1 Å². The number of methoxy groups -OCH3 is 1. The molecular formula is C26H27FN2O7. The number of phenols is 1. The Morgan fingerprint density at radius 2 is 1.86 bits per heavy atom. The van der Waals surface area contributed by atoms with E-state index in [9.17, 15) is 29.0 Å². The smallest absolute Gasteiger partial charge is 0.343 e. The van der Waals surface area contributed by atoms with Gasteiger partial charge in [-0.05, 0) is 48.7 Å². The van der Waals surface area contributed by atoms with Gasteiger partial charge in [-0.3, -0.25) is 9.59 Å². The lowest BCUT2D eigenvalue weighted by molar-refractivity contribution is -0.121. The molecule has 4 N–H and O–H groups in total. The number of carbonyl (C=O) groups is 2. The molecule has 0 saturated heterocycles. The Kier molecular flexibility index (Phi) is 8.66. The lowest BCUT2D eigenvalue weighted by Crippen LogP contribution is -2.29. The van der Waals surface area contributed by atoms with Crippen LogP contribution in [0.25, 0.3) is 0 Å². The first kappa shape index (κ1) is 26.3. The van der Waals surface area contributed by atoms with Crippen LogP contribution in [0.2, 0.25) is 0 Å². The van der Waals surface area contributed by atoms with Gasteiger partial charge < -0.3 is 30.0 Å². The van der Waals surface area contributed by atoms with Gasteiger partial charge in [0.1, 0.15) is 17.1 Å². The summed E-state index contributed by atoms with van der Waals surface area (Å²) in [6, 6.07) is 10.2. The minimum absolute atomic E-state index is 0.0545. The van der Waals surface area contributed by atoms with Crippen LogP contribution in [-0.2, 0) is 16.0 Å². The maximum atomic E-state index is 13.1. The summed E-state index contributed by atoms with van der Waals surface area (Å²) in [7, 11) is 1.38. The van der Waals surface area contributed by atoms with Gasteiger partial charge >= 0.3 is 5.97 Å². The molecule has 0 radical (unpaired) electrons. The van der Waals surface area contributed by atoms with Crippen LogP contribution in [0.4, 0.5) is 4.39 Å². The van der Waals surface area contributed by atoms with Crippen molar-refractivity contribution in [1.82, 2.24) is 10.3 Å². The third-order valence-corrected chi connectivity index (χ3v) is 5.59. The van der Waals surface area contributed by atoms with Crippen molar-refractivity contribution in [3.05, 3.63) is 87.1 Å². The Bertz CT molecular complexity index is 1290. The maximum Gasteiger partial charge on any atom is 0.343 e. The number of hydrogen-bond donors (Lipinski definition) is 4. The lowest BCUT2D eigenvalue weighted by Gasteiger charge is -2.20. The molecule has 0 spiro atoms. The predicted molar refractivity (Wildman–Crippen MR) is 129 cm³/mol. The molecule has 0 aliphatic rings. The number of benzene rings is 2. The molecule has 1 heterocycles. The van der Waals surface area contributed by atoms with Gasteiger partial charge in [0.25, 0.3) is 5.56 Å². The highest BCUT2D eigenvalue weighted by Gasteiger charge is 2.28. The van der Waals surface area contributed by atoms with Gasteiger partial charge in [0.15, 0.2) is 11.5 Å². The monoisotopic (exact) mass is 498 g/mol. The summed E-state index contributed by atoms with van der Waals surface area (Å²) in [5, 5.41) is 23.9. The Morgan fingerprint density at radius 3 is 2.50 bits per heavy atom. The third-order valence-electron chi connectivity index (χ3n) is 5.59. The van der Waals surface area contributed by atoms with Gasteiger partial charge in [-0.1, -0.05) is 18.2 Å². The molecule has 36 heavy (non-hydrogen) atoms. The number of phenolic OH excluding ortho intramolecular Hbond substituents is 1. The maximum absolute atomic E-state index is 13.1. The van der Waals surface area contributed by atoms with E-state index in [1.165, 1.54) is 31.4 Å². The first-order chi connectivity index (χ1) is 17.2. The number of aromatic amines is 1. The number of halogens is 1. The van der Waals surface area contributed by atoms with E-state index >= 15 is 0 Å². The van der Waals surface area contributed by atoms with E-state index in [4.69, 9.17) is 9.47 Å². The number of aromatic nitrogens is 1.